The van der Waals surface area contributed by atoms with Gasteiger partial charge in [-0.3, -0.25) is 4.79 Å². The van der Waals surface area contributed by atoms with Crippen LogP contribution in [0.5, 0.6) is 0 Å². The lowest BCUT2D eigenvalue weighted by Crippen LogP contribution is -2.35. The van der Waals surface area contributed by atoms with Crippen molar-refractivity contribution >= 4 is 23.3 Å². The number of hydrogen-bond donors (Lipinski definition) is 1. The highest BCUT2D eigenvalue weighted by Gasteiger charge is 2.33. The van der Waals surface area contributed by atoms with Gasteiger partial charge >= 0.3 is 5.97 Å². The minimum atomic E-state index is -0.195. The Morgan fingerprint density at radius 2 is 2.00 bits per heavy atom. The van der Waals surface area contributed by atoms with Gasteiger partial charge in [0.1, 0.15) is 12.6 Å². The van der Waals surface area contributed by atoms with Crippen LogP contribution in [0.4, 0.5) is 5.69 Å². The van der Waals surface area contributed by atoms with Crippen molar-refractivity contribution < 1.29 is 9.53 Å². The highest BCUT2D eigenvalue weighted by Crippen LogP contribution is 2.39. The van der Waals surface area contributed by atoms with Crippen molar-refractivity contribution in [3.8, 4) is 0 Å². The summed E-state index contributed by atoms with van der Waals surface area (Å²) in [5, 5.41) is 3.74. The van der Waals surface area contributed by atoms with Gasteiger partial charge in [-0.15, -0.1) is 0 Å². The third kappa shape index (κ3) is 5.24. The fourth-order valence-electron chi connectivity index (χ4n) is 3.32. The van der Waals surface area contributed by atoms with Crippen molar-refractivity contribution in [2.75, 3.05) is 11.9 Å². The van der Waals surface area contributed by atoms with Crippen LogP contribution in [0.15, 0.2) is 24.3 Å². The summed E-state index contributed by atoms with van der Waals surface area (Å²) in [5.74, 6) is 0.413. The number of anilines is 1. The molecule has 1 aromatic carbocycles. The second-order valence-corrected chi connectivity index (χ2v) is 7.32. The molecule has 1 saturated carbocycles. The van der Waals surface area contributed by atoms with Gasteiger partial charge in [0, 0.05) is 10.7 Å². The van der Waals surface area contributed by atoms with Gasteiger partial charge in [0.25, 0.3) is 0 Å². The molecule has 1 aromatic rings. The summed E-state index contributed by atoms with van der Waals surface area (Å²) in [6, 6.07) is 7.28. The van der Waals surface area contributed by atoms with Crippen molar-refractivity contribution in [2.24, 2.45) is 11.3 Å². The summed E-state index contributed by atoms with van der Waals surface area (Å²) in [6.07, 6.45) is 3.16. The fourth-order valence-corrected chi connectivity index (χ4v) is 3.44. The number of ether oxygens (including phenoxy) is 1. The Hall–Kier alpha value is -1.22. The van der Waals surface area contributed by atoms with Crippen LogP contribution in [0.3, 0.4) is 0 Å². The molecule has 116 valence electrons. The highest BCUT2D eigenvalue weighted by atomic mass is 35.5. The first-order valence-corrected chi connectivity index (χ1v) is 7.91. The van der Waals surface area contributed by atoms with E-state index in [2.05, 4.69) is 26.1 Å². The molecule has 1 fully saturated rings. The topological polar surface area (TPSA) is 38.3 Å². The maximum Gasteiger partial charge on any atom is 0.325 e. The zero-order chi connectivity index (χ0) is 15.5. The van der Waals surface area contributed by atoms with Gasteiger partial charge in [0.2, 0.25) is 0 Å². The molecule has 0 bridgehead atoms. The molecule has 0 aromatic heterocycles. The molecule has 3 nitrogen and oxygen atoms in total. The van der Waals surface area contributed by atoms with Gasteiger partial charge in [-0.05, 0) is 54.9 Å². The van der Waals surface area contributed by atoms with E-state index in [1.54, 1.807) is 12.1 Å². The van der Waals surface area contributed by atoms with Gasteiger partial charge in [-0.2, -0.15) is 0 Å². The van der Waals surface area contributed by atoms with E-state index >= 15 is 0 Å². The molecule has 4 heteroatoms. The normalized spacial score (nSPS) is 24.4. The lowest BCUT2D eigenvalue weighted by Gasteiger charge is -2.38. The van der Waals surface area contributed by atoms with E-state index in [0.717, 1.165) is 18.5 Å². The summed E-state index contributed by atoms with van der Waals surface area (Å²) in [7, 11) is 0. The zero-order valence-corrected chi connectivity index (χ0v) is 13.7. The third-order valence-corrected chi connectivity index (χ3v) is 4.18. The third-order valence-electron chi connectivity index (χ3n) is 3.93. The average molecular weight is 310 g/mol. The van der Waals surface area contributed by atoms with Crippen LogP contribution < -0.4 is 5.32 Å². The Morgan fingerprint density at radius 3 is 2.62 bits per heavy atom. The van der Waals surface area contributed by atoms with E-state index in [1.807, 2.05) is 12.1 Å². The quantitative estimate of drug-likeness (QED) is 0.832. The van der Waals surface area contributed by atoms with Gasteiger partial charge in [0.05, 0.1) is 0 Å². The number of rotatable bonds is 4. The SMILES string of the molecule is CC1CC(OC(=O)CNc2ccc(Cl)cc2)CC(C)(C)C1. The average Bonchev–Trinajstić information content (AvgIpc) is 2.35. The maximum atomic E-state index is 12.0. The van der Waals surface area contributed by atoms with Crippen LogP contribution >= 0.6 is 11.6 Å². The van der Waals surface area contributed by atoms with Gasteiger partial charge in [0.15, 0.2) is 0 Å². The lowest BCUT2D eigenvalue weighted by molar-refractivity contribution is -0.151. The minimum Gasteiger partial charge on any atom is -0.461 e. The van der Waals surface area contributed by atoms with Crippen molar-refractivity contribution in [2.45, 2.75) is 46.1 Å². The molecule has 0 heterocycles. The van der Waals surface area contributed by atoms with Gasteiger partial charge < -0.3 is 10.1 Å². The predicted molar refractivity (Wildman–Crippen MR) is 86.6 cm³/mol. The molecule has 0 amide bonds. The molecule has 2 unspecified atom stereocenters. The van der Waals surface area contributed by atoms with E-state index in [0.29, 0.717) is 10.9 Å². The fraction of sp³-hybridized carbons (Fsp3) is 0.588. The van der Waals surface area contributed by atoms with Crippen LogP contribution in [-0.4, -0.2) is 18.6 Å². The standard InChI is InChI=1S/C17H24ClNO2/c1-12-8-15(10-17(2,3)9-12)21-16(20)11-19-14-6-4-13(18)5-7-14/h4-7,12,15,19H,8-11H2,1-3H3. The molecule has 21 heavy (non-hydrogen) atoms. The zero-order valence-electron chi connectivity index (χ0n) is 13.0. The summed E-state index contributed by atoms with van der Waals surface area (Å²) >= 11 is 5.82. The van der Waals surface area contributed by atoms with E-state index < -0.39 is 0 Å². The van der Waals surface area contributed by atoms with E-state index in [-0.39, 0.29) is 24.0 Å². The van der Waals surface area contributed by atoms with E-state index in [1.165, 1.54) is 6.42 Å². The molecule has 1 aliphatic carbocycles. The molecule has 2 atom stereocenters. The predicted octanol–water partition coefficient (Wildman–Crippen LogP) is 4.51. The van der Waals surface area contributed by atoms with Crippen molar-refractivity contribution in [1.82, 2.24) is 0 Å². The van der Waals surface area contributed by atoms with Crippen LogP contribution in [0.25, 0.3) is 0 Å². The maximum absolute atomic E-state index is 12.0. The van der Waals surface area contributed by atoms with Crippen LogP contribution in [0, 0.1) is 11.3 Å². The summed E-state index contributed by atoms with van der Waals surface area (Å²) < 4.78 is 5.62. The van der Waals surface area contributed by atoms with Gasteiger partial charge in [-0.1, -0.05) is 32.4 Å². The molecule has 1 N–H and O–H groups in total. The number of nitrogens with one attached hydrogen (secondary N) is 1. The molecule has 1 aliphatic rings. The van der Waals surface area contributed by atoms with Crippen LogP contribution in [-0.2, 0) is 9.53 Å². The van der Waals surface area contributed by atoms with Crippen LogP contribution in [0.2, 0.25) is 5.02 Å². The Labute approximate surface area is 132 Å². The molecule has 0 aliphatic heterocycles. The molecule has 0 spiro atoms. The first kappa shape index (κ1) is 16.2. The Bertz CT molecular complexity index is 484. The number of esters is 1. The molecule has 2 rings (SSSR count). The van der Waals surface area contributed by atoms with Crippen molar-refractivity contribution in [1.29, 1.82) is 0 Å². The summed E-state index contributed by atoms with van der Waals surface area (Å²) in [4.78, 5) is 12.0. The van der Waals surface area contributed by atoms with Crippen LogP contribution in [0.1, 0.15) is 40.0 Å². The van der Waals surface area contributed by atoms with E-state index in [9.17, 15) is 4.79 Å². The minimum absolute atomic E-state index is 0.0447. The number of carbonyl (C=O) groups is 1. The summed E-state index contributed by atoms with van der Waals surface area (Å²) in [5.41, 5.74) is 1.13. The second kappa shape index (κ2) is 6.69. The number of benzene rings is 1. The number of hydrogen-bond acceptors (Lipinski definition) is 3. The Morgan fingerprint density at radius 1 is 1.33 bits per heavy atom. The molecular formula is C17H24ClNO2. The molecule has 0 radical (unpaired) electrons. The monoisotopic (exact) mass is 309 g/mol. The number of carbonyl (C=O) groups excluding carboxylic acids is 1. The first-order chi connectivity index (χ1) is 9.84. The Balaban J connectivity index is 1.80. The largest absolute Gasteiger partial charge is 0.461 e. The first-order valence-electron chi connectivity index (χ1n) is 7.53. The number of halogens is 1. The summed E-state index contributed by atoms with van der Waals surface area (Å²) in [6.45, 7) is 6.91. The highest BCUT2D eigenvalue weighted by molar-refractivity contribution is 6.30. The van der Waals surface area contributed by atoms with Crippen molar-refractivity contribution in [3.05, 3.63) is 29.3 Å². The lowest BCUT2D eigenvalue weighted by atomic mass is 9.71. The van der Waals surface area contributed by atoms with E-state index in [4.69, 9.17) is 16.3 Å². The molecule has 0 saturated heterocycles. The van der Waals surface area contributed by atoms with Gasteiger partial charge in [-0.25, -0.2) is 0 Å². The second-order valence-electron chi connectivity index (χ2n) is 6.89. The van der Waals surface area contributed by atoms with Crippen molar-refractivity contribution in [3.63, 3.8) is 0 Å². The smallest absolute Gasteiger partial charge is 0.325 e. The Kier molecular flexibility index (Phi) is 5.15. The molecular weight excluding hydrogens is 286 g/mol.